The Kier molecular flexibility index (Phi) is 2.50. The van der Waals surface area contributed by atoms with Crippen LogP contribution in [0.5, 0.6) is 0 Å². The largest absolute Gasteiger partial charge is 0.295 e. The molecule has 1 atom stereocenters. The Morgan fingerprint density at radius 3 is 2.24 bits per heavy atom. The molecule has 0 radical (unpaired) electrons. The number of nitrogens with one attached hydrogen (secondary N) is 1. The summed E-state index contributed by atoms with van der Waals surface area (Å²) in [5, 5.41) is 13.3. The van der Waals surface area contributed by atoms with E-state index < -0.39 is 6.04 Å². The molecule has 6 heteroatoms. The van der Waals surface area contributed by atoms with Gasteiger partial charge in [-0.3, -0.25) is 14.9 Å². The molecule has 1 saturated heterocycles. The molecule has 1 unspecified atom stereocenters. The molecule has 2 heterocycles. The van der Waals surface area contributed by atoms with Crippen LogP contribution in [0, 0.1) is 0 Å². The van der Waals surface area contributed by atoms with Crippen molar-refractivity contribution in [3.8, 4) is 0 Å². The molecule has 2 amide bonds. The van der Waals surface area contributed by atoms with E-state index in [0.29, 0.717) is 12.8 Å². The number of amides is 2. The number of carbonyl (C=O) groups is 2. The molecule has 0 bridgehead atoms. The lowest BCUT2D eigenvalue weighted by molar-refractivity contribution is -0.136. The minimum Gasteiger partial charge on any atom is -0.295 e. The first-order chi connectivity index (χ1) is 10.2. The number of nitrogens with zero attached hydrogens (tertiary/aromatic N) is 3. The molecular weight excluding hydrogens is 268 g/mol. The highest BCUT2D eigenvalue weighted by atomic mass is 16.2. The molecule has 0 saturated carbocycles. The van der Waals surface area contributed by atoms with Crippen LogP contribution < -0.4 is 5.32 Å². The highest BCUT2D eigenvalue weighted by Crippen LogP contribution is 2.23. The SMILES string of the molecule is O=C1CCC(n2nc3cc4ccccc4cc3n2)C(=O)N1. The third-order valence-electron chi connectivity index (χ3n) is 3.75. The molecule has 1 aromatic heterocycles. The van der Waals surface area contributed by atoms with Gasteiger partial charge in [-0.15, -0.1) is 0 Å². The zero-order valence-corrected chi connectivity index (χ0v) is 11.1. The van der Waals surface area contributed by atoms with Crippen LogP contribution in [0.1, 0.15) is 18.9 Å². The van der Waals surface area contributed by atoms with Crippen molar-refractivity contribution in [2.75, 3.05) is 0 Å². The van der Waals surface area contributed by atoms with Crippen molar-refractivity contribution >= 4 is 33.6 Å². The zero-order chi connectivity index (χ0) is 14.4. The van der Waals surface area contributed by atoms with E-state index in [4.69, 9.17) is 0 Å². The molecule has 1 N–H and O–H groups in total. The maximum atomic E-state index is 11.9. The molecule has 4 rings (SSSR count). The van der Waals surface area contributed by atoms with Gasteiger partial charge in [0.2, 0.25) is 5.91 Å². The lowest BCUT2D eigenvalue weighted by Crippen LogP contribution is -2.42. The highest BCUT2D eigenvalue weighted by Gasteiger charge is 2.29. The van der Waals surface area contributed by atoms with Gasteiger partial charge in [-0.05, 0) is 29.3 Å². The Labute approximate surface area is 119 Å². The molecule has 1 fully saturated rings. The first kappa shape index (κ1) is 12.0. The fraction of sp³-hybridized carbons (Fsp3) is 0.200. The monoisotopic (exact) mass is 280 g/mol. The number of carbonyl (C=O) groups excluding carboxylic acids is 2. The van der Waals surface area contributed by atoms with Gasteiger partial charge >= 0.3 is 0 Å². The smallest absolute Gasteiger partial charge is 0.253 e. The summed E-state index contributed by atoms with van der Waals surface area (Å²) < 4.78 is 0. The number of benzene rings is 2. The summed E-state index contributed by atoms with van der Waals surface area (Å²) in [6, 6.07) is 11.4. The summed E-state index contributed by atoms with van der Waals surface area (Å²) in [5.41, 5.74) is 1.50. The third-order valence-corrected chi connectivity index (χ3v) is 3.75. The lowest BCUT2D eigenvalue weighted by Gasteiger charge is -2.19. The number of fused-ring (bicyclic) bond motifs is 2. The van der Waals surface area contributed by atoms with Crippen LogP contribution in [0.2, 0.25) is 0 Å². The van der Waals surface area contributed by atoms with Crippen molar-refractivity contribution < 1.29 is 9.59 Å². The topological polar surface area (TPSA) is 76.9 Å². The van der Waals surface area contributed by atoms with Crippen LogP contribution in [0.3, 0.4) is 0 Å². The van der Waals surface area contributed by atoms with Gasteiger partial charge in [-0.1, -0.05) is 24.3 Å². The molecule has 1 aliphatic heterocycles. The maximum absolute atomic E-state index is 11.9. The van der Waals surface area contributed by atoms with Crippen LogP contribution in [-0.2, 0) is 9.59 Å². The molecule has 0 aliphatic carbocycles. The molecular formula is C15H12N4O2. The average molecular weight is 280 g/mol. The van der Waals surface area contributed by atoms with E-state index in [2.05, 4.69) is 15.5 Å². The van der Waals surface area contributed by atoms with Crippen LogP contribution in [0.15, 0.2) is 36.4 Å². The predicted molar refractivity (Wildman–Crippen MR) is 76.5 cm³/mol. The highest BCUT2D eigenvalue weighted by molar-refractivity contribution is 5.99. The zero-order valence-electron chi connectivity index (χ0n) is 11.1. The van der Waals surface area contributed by atoms with Crippen LogP contribution in [0.25, 0.3) is 21.8 Å². The minimum absolute atomic E-state index is 0.237. The molecule has 6 nitrogen and oxygen atoms in total. The van der Waals surface area contributed by atoms with Crippen molar-refractivity contribution in [3.05, 3.63) is 36.4 Å². The number of piperidine rings is 1. The van der Waals surface area contributed by atoms with Gasteiger partial charge in [0.15, 0.2) is 6.04 Å². The van der Waals surface area contributed by atoms with Gasteiger partial charge in [-0.25, -0.2) is 0 Å². The Morgan fingerprint density at radius 1 is 1.05 bits per heavy atom. The summed E-state index contributed by atoms with van der Waals surface area (Å²) in [7, 11) is 0. The summed E-state index contributed by atoms with van der Waals surface area (Å²) >= 11 is 0. The first-order valence-electron chi connectivity index (χ1n) is 6.80. The number of rotatable bonds is 1. The van der Waals surface area contributed by atoms with Gasteiger partial charge in [0.05, 0.1) is 0 Å². The average Bonchev–Trinajstić information content (AvgIpc) is 2.87. The maximum Gasteiger partial charge on any atom is 0.253 e. The lowest BCUT2D eigenvalue weighted by atomic mass is 10.1. The van der Waals surface area contributed by atoms with E-state index in [1.807, 2.05) is 36.4 Å². The molecule has 104 valence electrons. The van der Waals surface area contributed by atoms with E-state index >= 15 is 0 Å². The molecule has 21 heavy (non-hydrogen) atoms. The fourth-order valence-electron chi connectivity index (χ4n) is 2.66. The second-order valence-corrected chi connectivity index (χ2v) is 5.18. The quantitative estimate of drug-likeness (QED) is 0.686. The molecule has 0 spiro atoms. The van der Waals surface area contributed by atoms with Crippen molar-refractivity contribution in [3.63, 3.8) is 0 Å². The number of hydrogen-bond donors (Lipinski definition) is 1. The number of imide groups is 1. The van der Waals surface area contributed by atoms with E-state index in [1.54, 1.807) is 0 Å². The van der Waals surface area contributed by atoms with Gasteiger partial charge in [0.25, 0.3) is 5.91 Å². The predicted octanol–water partition coefficient (Wildman–Crippen LogP) is 1.56. The van der Waals surface area contributed by atoms with E-state index in [0.717, 1.165) is 21.8 Å². The van der Waals surface area contributed by atoms with Crippen molar-refractivity contribution in [2.24, 2.45) is 0 Å². The van der Waals surface area contributed by atoms with Gasteiger partial charge in [0.1, 0.15) is 11.0 Å². The first-order valence-corrected chi connectivity index (χ1v) is 6.80. The van der Waals surface area contributed by atoms with Crippen LogP contribution in [0.4, 0.5) is 0 Å². The Bertz CT molecular complexity index is 831. The number of hydrogen-bond acceptors (Lipinski definition) is 4. The second kappa shape index (κ2) is 4.37. The van der Waals surface area contributed by atoms with Crippen LogP contribution >= 0.6 is 0 Å². The van der Waals surface area contributed by atoms with Crippen molar-refractivity contribution in [2.45, 2.75) is 18.9 Å². The summed E-state index contributed by atoms with van der Waals surface area (Å²) in [6.07, 6.45) is 0.751. The minimum atomic E-state index is -0.516. The second-order valence-electron chi connectivity index (χ2n) is 5.18. The standard InChI is InChI=1S/C15H12N4O2/c20-14-6-5-13(15(21)16-14)19-17-11-7-9-3-1-2-4-10(9)8-12(11)18-19/h1-4,7-8,13H,5-6H2,(H,16,20,21). The molecule has 3 aromatic rings. The Hall–Kier alpha value is -2.76. The Morgan fingerprint density at radius 2 is 1.67 bits per heavy atom. The van der Waals surface area contributed by atoms with Gasteiger partial charge in [0, 0.05) is 6.42 Å². The summed E-state index contributed by atoms with van der Waals surface area (Å²) in [6.45, 7) is 0. The molecule has 1 aliphatic rings. The summed E-state index contributed by atoms with van der Waals surface area (Å²) in [5.74, 6) is -0.574. The third kappa shape index (κ3) is 1.96. The van der Waals surface area contributed by atoms with Crippen molar-refractivity contribution in [1.29, 1.82) is 0 Å². The van der Waals surface area contributed by atoms with Crippen molar-refractivity contribution in [1.82, 2.24) is 20.3 Å². The normalized spacial score (nSPS) is 19.1. The van der Waals surface area contributed by atoms with Gasteiger partial charge < -0.3 is 0 Å². The van der Waals surface area contributed by atoms with Gasteiger partial charge in [-0.2, -0.15) is 15.0 Å². The summed E-state index contributed by atoms with van der Waals surface area (Å²) in [4.78, 5) is 24.5. The molecule has 2 aromatic carbocycles. The van der Waals surface area contributed by atoms with Crippen LogP contribution in [-0.4, -0.2) is 26.8 Å². The van der Waals surface area contributed by atoms with E-state index in [-0.39, 0.29) is 11.8 Å². The van der Waals surface area contributed by atoms with E-state index in [9.17, 15) is 9.59 Å². The fourth-order valence-corrected chi connectivity index (χ4v) is 2.66. The number of aromatic nitrogens is 3. The van der Waals surface area contributed by atoms with E-state index in [1.165, 1.54) is 4.80 Å². The Balaban J connectivity index is 1.81.